The molecule has 0 bridgehead atoms. The van der Waals surface area contributed by atoms with Crippen molar-refractivity contribution in [3.63, 3.8) is 0 Å². The molecule has 0 spiro atoms. The van der Waals surface area contributed by atoms with Crippen molar-refractivity contribution >= 4 is 23.7 Å². The predicted octanol–water partition coefficient (Wildman–Crippen LogP) is 2.83. The summed E-state index contributed by atoms with van der Waals surface area (Å²) in [6.07, 6.45) is 0.839. The molecular formula is C14H16O4S. The van der Waals surface area contributed by atoms with Crippen LogP contribution in [0.2, 0.25) is 0 Å². The molecule has 1 heterocycles. The lowest BCUT2D eigenvalue weighted by molar-refractivity contribution is -0.131. The molecular weight excluding hydrogens is 264 g/mol. The minimum absolute atomic E-state index is 0.322. The fourth-order valence-corrected chi connectivity index (χ4v) is 3.25. The van der Waals surface area contributed by atoms with Gasteiger partial charge in [-0.25, -0.2) is 4.79 Å². The number of carbonyl (C=O) groups excluding carboxylic acids is 2. The van der Waals surface area contributed by atoms with E-state index in [0.717, 1.165) is 16.9 Å². The van der Waals surface area contributed by atoms with Gasteiger partial charge in [0.1, 0.15) is 5.75 Å². The first-order valence-electron chi connectivity index (χ1n) is 6.20. The van der Waals surface area contributed by atoms with Crippen LogP contribution in [0.4, 0.5) is 0 Å². The largest absolute Gasteiger partial charge is 0.462 e. The Morgan fingerprint density at radius 1 is 1.42 bits per heavy atom. The van der Waals surface area contributed by atoms with Crippen LogP contribution in [-0.4, -0.2) is 23.8 Å². The minimum atomic E-state index is -0.390. The van der Waals surface area contributed by atoms with E-state index in [1.54, 1.807) is 24.8 Å². The molecule has 0 N–H and O–H groups in total. The Hall–Kier alpha value is -1.49. The molecule has 5 heteroatoms. The molecule has 1 aliphatic rings. The number of esters is 2. The standard InChI is InChI=1S/C14H16O4S/c1-4-17-14(16)10-6-12(18-9(3)15)11-5-8(2)19-13(11)7-10/h6-8H,4-5H2,1-3H3. The van der Waals surface area contributed by atoms with Crippen LogP contribution < -0.4 is 4.74 Å². The van der Waals surface area contributed by atoms with Crippen molar-refractivity contribution in [2.45, 2.75) is 37.3 Å². The molecule has 0 saturated carbocycles. The molecule has 19 heavy (non-hydrogen) atoms. The molecule has 2 rings (SSSR count). The topological polar surface area (TPSA) is 52.6 Å². The van der Waals surface area contributed by atoms with Crippen LogP contribution >= 0.6 is 11.8 Å². The van der Waals surface area contributed by atoms with Gasteiger partial charge in [0.15, 0.2) is 0 Å². The second-order valence-corrected chi connectivity index (χ2v) is 5.88. The molecule has 0 fully saturated rings. The van der Waals surface area contributed by atoms with E-state index in [1.807, 2.05) is 6.07 Å². The van der Waals surface area contributed by atoms with Crippen LogP contribution in [0.5, 0.6) is 5.75 Å². The van der Waals surface area contributed by atoms with E-state index in [4.69, 9.17) is 9.47 Å². The first kappa shape index (κ1) is 13.9. The summed E-state index contributed by atoms with van der Waals surface area (Å²) >= 11 is 1.68. The fraction of sp³-hybridized carbons (Fsp3) is 0.429. The maximum Gasteiger partial charge on any atom is 0.338 e. The summed E-state index contributed by atoms with van der Waals surface area (Å²) in [6.45, 7) is 5.54. The summed E-state index contributed by atoms with van der Waals surface area (Å²) in [7, 11) is 0. The number of thioether (sulfide) groups is 1. The highest BCUT2D eigenvalue weighted by molar-refractivity contribution is 8.00. The summed E-state index contributed by atoms with van der Waals surface area (Å²) < 4.78 is 10.2. The molecule has 0 saturated heterocycles. The lowest BCUT2D eigenvalue weighted by Crippen LogP contribution is -2.08. The minimum Gasteiger partial charge on any atom is -0.462 e. The highest BCUT2D eigenvalue weighted by Crippen LogP contribution is 2.42. The SMILES string of the molecule is CCOC(=O)c1cc(OC(C)=O)c2c(c1)SC(C)C2. The zero-order valence-corrected chi connectivity index (χ0v) is 12.0. The van der Waals surface area contributed by atoms with Gasteiger partial charge in [0.2, 0.25) is 0 Å². The fourth-order valence-electron chi connectivity index (χ4n) is 2.05. The zero-order valence-electron chi connectivity index (χ0n) is 11.2. The van der Waals surface area contributed by atoms with Crippen LogP contribution in [0.3, 0.4) is 0 Å². The van der Waals surface area contributed by atoms with Gasteiger partial charge in [0.25, 0.3) is 0 Å². The van der Waals surface area contributed by atoms with Crippen molar-refractivity contribution in [2.75, 3.05) is 6.61 Å². The molecule has 0 amide bonds. The van der Waals surface area contributed by atoms with Crippen molar-refractivity contribution in [2.24, 2.45) is 0 Å². The number of carbonyl (C=O) groups is 2. The average Bonchev–Trinajstić information content (AvgIpc) is 2.69. The molecule has 4 nitrogen and oxygen atoms in total. The van der Waals surface area contributed by atoms with Crippen LogP contribution in [-0.2, 0) is 16.0 Å². The van der Waals surface area contributed by atoms with Crippen molar-refractivity contribution in [1.82, 2.24) is 0 Å². The van der Waals surface area contributed by atoms with Gasteiger partial charge in [0.05, 0.1) is 12.2 Å². The lowest BCUT2D eigenvalue weighted by atomic mass is 10.1. The molecule has 0 aromatic heterocycles. The van der Waals surface area contributed by atoms with E-state index in [9.17, 15) is 9.59 Å². The highest BCUT2D eigenvalue weighted by atomic mass is 32.2. The van der Waals surface area contributed by atoms with Crippen molar-refractivity contribution in [1.29, 1.82) is 0 Å². The second kappa shape index (κ2) is 5.65. The number of ether oxygens (including phenoxy) is 2. The van der Waals surface area contributed by atoms with Gasteiger partial charge in [-0.3, -0.25) is 4.79 Å². The summed E-state index contributed by atoms with van der Waals surface area (Å²) in [4.78, 5) is 23.9. The van der Waals surface area contributed by atoms with E-state index < -0.39 is 0 Å². The van der Waals surface area contributed by atoms with E-state index in [0.29, 0.717) is 23.2 Å². The van der Waals surface area contributed by atoms with E-state index in [-0.39, 0.29) is 11.9 Å². The number of rotatable bonds is 3. The number of hydrogen-bond donors (Lipinski definition) is 0. The summed E-state index contributed by atoms with van der Waals surface area (Å²) in [5, 5.41) is 0.418. The van der Waals surface area contributed by atoms with Crippen LogP contribution in [0, 0.1) is 0 Å². The third-order valence-electron chi connectivity index (χ3n) is 2.75. The Labute approximate surface area is 116 Å². The summed E-state index contributed by atoms with van der Waals surface area (Å²) in [5.41, 5.74) is 1.43. The monoisotopic (exact) mass is 280 g/mol. The molecule has 1 aromatic carbocycles. The van der Waals surface area contributed by atoms with Crippen LogP contribution in [0.1, 0.15) is 36.7 Å². The van der Waals surface area contributed by atoms with E-state index in [1.165, 1.54) is 6.92 Å². The van der Waals surface area contributed by atoms with E-state index >= 15 is 0 Å². The Morgan fingerprint density at radius 2 is 2.16 bits per heavy atom. The smallest absolute Gasteiger partial charge is 0.338 e. The molecule has 1 aromatic rings. The summed E-state index contributed by atoms with van der Waals surface area (Å²) in [5.74, 6) is -0.295. The average molecular weight is 280 g/mol. The maximum atomic E-state index is 11.8. The van der Waals surface area contributed by atoms with Gasteiger partial charge in [-0.2, -0.15) is 0 Å². The van der Waals surface area contributed by atoms with Crippen LogP contribution in [0.25, 0.3) is 0 Å². The third kappa shape index (κ3) is 3.10. The Morgan fingerprint density at radius 3 is 2.79 bits per heavy atom. The van der Waals surface area contributed by atoms with Gasteiger partial charge < -0.3 is 9.47 Å². The van der Waals surface area contributed by atoms with Crippen molar-refractivity contribution in [3.8, 4) is 5.75 Å². The molecule has 1 aliphatic heterocycles. The zero-order chi connectivity index (χ0) is 14.0. The maximum absolute atomic E-state index is 11.8. The molecule has 0 aliphatic carbocycles. The Bertz CT molecular complexity index is 524. The predicted molar refractivity (Wildman–Crippen MR) is 72.7 cm³/mol. The Kier molecular flexibility index (Phi) is 4.14. The van der Waals surface area contributed by atoms with Crippen molar-refractivity contribution < 1.29 is 19.1 Å². The highest BCUT2D eigenvalue weighted by Gasteiger charge is 2.25. The van der Waals surface area contributed by atoms with Gasteiger partial charge >= 0.3 is 11.9 Å². The third-order valence-corrected chi connectivity index (χ3v) is 3.94. The van der Waals surface area contributed by atoms with Crippen molar-refractivity contribution in [3.05, 3.63) is 23.3 Å². The first-order valence-corrected chi connectivity index (χ1v) is 7.08. The second-order valence-electron chi connectivity index (χ2n) is 4.40. The van der Waals surface area contributed by atoms with E-state index in [2.05, 4.69) is 6.92 Å². The molecule has 1 unspecified atom stereocenters. The summed E-state index contributed by atoms with van der Waals surface area (Å²) in [6, 6.07) is 3.41. The first-order chi connectivity index (χ1) is 9.01. The molecule has 1 atom stereocenters. The lowest BCUT2D eigenvalue weighted by Gasteiger charge is -2.10. The quantitative estimate of drug-likeness (QED) is 0.629. The van der Waals surface area contributed by atoms with Gasteiger partial charge in [-0.15, -0.1) is 11.8 Å². The normalized spacial score (nSPS) is 16.9. The molecule has 0 radical (unpaired) electrons. The van der Waals surface area contributed by atoms with Gasteiger partial charge in [-0.05, 0) is 25.5 Å². The van der Waals surface area contributed by atoms with Crippen LogP contribution in [0.15, 0.2) is 17.0 Å². The number of fused-ring (bicyclic) bond motifs is 1. The Balaban J connectivity index is 2.41. The van der Waals surface area contributed by atoms with Gasteiger partial charge in [0, 0.05) is 22.6 Å². The number of hydrogen-bond acceptors (Lipinski definition) is 5. The number of benzene rings is 1. The molecule has 102 valence electrons. The van der Waals surface area contributed by atoms with Gasteiger partial charge in [-0.1, -0.05) is 6.92 Å².